The van der Waals surface area contributed by atoms with Gasteiger partial charge in [0.15, 0.2) is 0 Å². The second-order valence-electron chi connectivity index (χ2n) is 5.68. The first-order valence-electron chi connectivity index (χ1n) is 8.36. The van der Waals surface area contributed by atoms with Gasteiger partial charge in [-0.3, -0.25) is 14.5 Å². The van der Waals surface area contributed by atoms with E-state index in [0.29, 0.717) is 37.4 Å². The van der Waals surface area contributed by atoms with Gasteiger partial charge in [-0.15, -0.1) is 11.3 Å². The number of nitrogens with one attached hydrogen (secondary N) is 1. The molecular formula is C19H19BrN2O3S. The second kappa shape index (κ2) is 8.62. The third-order valence-corrected chi connectivity index (χ3v) is 5.28. The monoisotopic (exact) mass is 434 g/mol. The van der Waals surface area contributed by atoms with Gasteiger partial charge in [0.1, 0.15) is 5.70 Å². The molecule has 0 spiro atoms. The molecule has 0 radical (unpaired) electrons. The Morgan fingerprint density at radius 2 is 2.04 bits per heavy atom. The van der Waals surface area contributed by atoms with E-state index in [0.717, 1.165) is 15.0 Å². The van der Waals surface area contributed by atoms with Crippen molar-refractivity contribution in [2.24, 2.45) is 0 Å². The standard InChI is InChI=1S/C19H19BrN2O3S/c1-2-25-10-5-9-22-18(23)16(15-8-4-11-26-15)17(19(22)24)21-14-7-3-6-13(20)12-14/h3-4,6-8,11-12,21H,2,5,9-10H2,1H3. The van der Waals surface area contributed by atoms with E-state index in [1.807, 2.05) is 48.7 Å². The molecule has 1 aliphatic rings. The van der Waals surface area contributed by atoms with E-state index in [9.17, 15) is 9.59 Å². The number of thiophene rings is 1. The van der Waals surface area contributed by atoms with E-state index < -0.39 is 0 Å². The average Bonchev–Trinajstić information content (AvgIpc) is 3.21. The number of hydrogen-bond donors (Lipinski definition) is 1. The van der Waals surface area contributed by atoms with Gasteiger partial charge in [0.05, 0.1) is 5.57 Å². The fourth-order valence-electron chi connectivity index (χ4n) is 2.72. The molecule has 0 atom stereocenters. The van der Waals surface area contributed by atoms with Crippen LogP contribution in [0.1, 0.15) is 18.2 Å². The highest BCUT2D eigenvalue weighted by atomic mass is 79.9. The van der Waals surface area contributed by atoms with E-state index in [1.165, 1.54) is 16.2 Å². The van der Waals surface area contributed by atoms with Crippen LogP contribution in [0.15, 0.2) is 51.9 Å². The molecule has 1 aromatic heterocycles. The van der Waals surface area contributed by atoms with Gasteiger partial charge in [0.25, 0.3) is 11.8 Å². The van der Waals surface area contributed by atoms with Gasteiger partial charge in [-0.1, -0.05) is 28.1 Å². The number of benzene rings is 1. The van der Waals surface area contributed by atoms with E-state index in [1.54, 1.807) is 0 Å². The van der Waals surface area contributed by atoms with Crippen LogP contribution in [0.25, 0.3) is 5.57 Å². The van der Waals surface area contributed by atoms with Crippen molar-refractivity contribution >= 4 is 50.3 Å². The lowest BCUT2D eigenvalue weighted by Crippen LogP contribution is -2.33. The first kappa shape index (κ1) is 18.8. The number of anilines is 1. The Morgan fingerprint density at radius 1 is 1.19 bits per heavy atom. The molecule has 26 heavy (non-hydrogen) atoms. The number of halogens is 1. The quantitative estimate of drug-likeness (QED) is 0.501. The molecule has 2 heterocycles. The van der Waals surface area contributed by atoms with Crippen LogP contribution in [0.5, 0.6) is 0 Å². The van der Waals surface area contributed by atoms with Crippen LogP contribution in [0.2, 0.25) is 0 Å². The second-order valence-corrected chi connectivity index (χ2v) is 7.54. The first-order valence-corrected chi connectivity index (χ1v) is 10.0. The number of carbonyl (C=O) groups is 2. The lowest BCUT2D eigenvalue weighted by atomic mass is 10.2. The highest BCUT2D eigenvalue weighted by Crippen LogP contribution is 2.33. The van der Waals surface area contributed by atoms with Crippen LogP contribution in [-0.2, 0) is 14.3 Å². The predicted molar refractivity (Wildman–Crippen MR) is 107 cm³/mol. The number of carbonyl (C=O) groups excluding carboxylic acids is 2. The van der Waals surface area contributed by atoms with Crippen molar-refractivity contribution in [2.45, 2.75) is 13.3 Å². The number of imide groups is 1. The minimum atomic E-state index is -0.296. The molecule has 0 bridgehead atoms. The molecule has 2 amide bonds. The molecule has 0 saturated heterocycles. The summed E-state index contributed by atoms with van der Waals surface area (Å²) in [5.41, 5.74) is 1.51. The van der Waals surface area contributed by atoms with Crippen LogP contribution in [0, 0.1) is 0 Å². The summed E-state index contributed by atoms with van der Waals surface area (Å²) >= 11 is 4.87. The van der Waals surface area contributed by atoms with Crippen LogP contribution < -0.4 is 5.32 Å². The Morgan fingerprint density at radius 3 is 2.73 bits per heavy atom. The Labute approximate surface area is 164 Å². The molecule has 1 N–H and O–H groups in total. The molecule has 0 fully saturated rings. The van der Waals surface area contributed by atoms with Gasteiger partial charge in [0.2, 0.25) is 0 Å². The summed E-state index contributed by atoms with van der Waals surface area (Å²) in [4.78, 5) is 27.9. The van der Waals surface area contributed by atoms with Crippen molar-refractivity contribution in [3.05, 3.63) is 56.8 Å². The van der Waals surface area contributed by atoms with Crippen molar-refractivity contribution in [1.29, 1.82) is 0 Å². The molecular weight excluding hydrogens is 416 g/mol. The van der Waals surface area contributed by atoms with Crippen LogP contribution in [-0.4, -0.2) is 36.5 Å². The Hall–Kier alpha value is -1.96. The zero-order chi connectivity index (χ0) is 18.5. The number of nitrogens with zero attached hydrogens (tertiary/aromatic N) is 1. The largest absolute Gasteiger partial charge is 0.382 e. The van der Waals surface area contributed by atoms with Gasteiger partial charge in [-0.25, -0.2) is 0 Å². The normalized spacial score (nSPS) is 14.5. The Balaban J connectivity index is 1.88. The van der Waals surface area contributed by atoms with E-state index in [2.05, 4.69) is 21.2 Å². The summed E-state index contributed by atoms with van der Waals surface area (Å²) in [5, 5.41) is 5.04. The van der Waals surface area contributed by atoms with Crippen molar-refractivity contribution < 1.29 is 14.3 Å². The van der Waals surface area contributed by atoms with Gasteiger partial charge >= 0.3 is 0 Å². The molecule has 136 valence electrons. The third-order valence-electron chi connectivity index (χ3n) is 3.90. The van der Waals surface area contributed by atoms with Crippen molar-refractivity contribution in [3.8, 4) is 0 Å². The molecule has 2 aromatic rings. The Bertz CT molecular complexity index is 833. The lowest BCUT2D eigenvalue weighted by molar-refractivity contribution is -0.137. The Kier molecular flexibility index (Phi) is 6.24. The van der Waals surface area contributed by atoms with Crippen LogP contribution >= 0.6 is 27.3 Å². The summed E-state index contributed by atoms with van der Waals surface area (Å²) in [7, 11) is 0. The van der Waals surface area contributed by atoms with E-state index in [4.69, 9.17) is 4.74 Å². The number of hydrogen-bond acceptors (Lipinski definition) is 5. The minimum Gasteiger partial charge on any atom is -0.382 e. The van der Waals surface area contributed by atoms with Gasteiger partial charge < -0.3 is 10.1 Å². The zero-order valence-electron chi connectivity index (χ0n) is 14.3. The van der Waals surface area contributed by atoms with Crippen molar-refractivity contribution in [3.63, 3.8) is 0 Å². The maximum absolute atomic E-state index is 12.9. The third kappa shape index (κ3) is 4.06. The maximum Gasteiger partial charge on any atom is 0.278 e. The van der Waals surface area contributed by atoms with Gasteiger partial charge in [-0.2, -0.15) is 0 Å². The molecule has 0 saturated carbocycles. The summed E-state index contributed by atoms with van der Waals surface area (Å²) in [6, 6.07) is 11.2. The molecule has 1 aliphatic heterocycles. The number of amides is 2. The smallest absolute Gasteiger partial charge is 0.278 e. The fourth-order valence-corrected chi connectivity index (χ4v) is 3.89. The van der Waals surface area contributed by atoms with Crippen molar-refractivity contribution in [1.82, 2.24) is 4.90 Å². The summed E-state index contributed by atoms with van der Waals surface area (Å²) in [5.74, 6) is -0.554. The van der Waals surface area contributed by atoms with Gasteiger partial charge in [0, 0.05) is 34.8 Å². The lowest BCUT2D eigenvalue weighted by Gasteiger charge is -2.15. The zero-order valence-corrected chi connectivity index (χ0v) is 16.7. The van der Waals surface area contributed by atoms with E-state index in [-0.39, 0.29) is 11.8 Å². The first-order chi connectivity index (χ1) is 12.6. The molecule has 1 aromatic carbocycles. The summed E-state index contributed by atoms with van der Waals surface area (Å²) in [6.07, 6.45) is 0.618. The predicted octanol–water partition coefficient (Wildman–Crippen LogP) is 4.13. The number of ether oxygens (including phenoxy) is 1. The van der Waals surface area contributed by atoms with Crippen molar-refractivity contribution in [2.75, 3.05) is 25.1 Å². The average molecular weight is 435 g/mol. The van der Waals surface area contributed by atoms with Crippen LogP contribution in [0.3, 0.4) is 0 Å². The molecule has 3 rings (SSSR count). The summed E-state index contributed by atoms with van der Waals surface area (Å²) < 4.78 is 6.21. The molecule has 0 aliphatic carbocycles. The van der Waals surface area contributed by atoms with Crippen LogP contribution in [0.4, 0.5) is 5.69 Å². The topological polar surface area (TPSA) is 58.6 Å². The molecule has 5 nitrogen and oxygen atoms in total. The highest BCUT2D eigenvalue weighted by molar-refractivity contribution is 9.10. The van der Waals surface area contributed by atoms with E-state index >= 15 is 0 Å². The molecule has 0 unspecified atom stereocenters. The SMILES string of the molecule is CCOCCCN1C(=O)C(Nc2cccc(Br)c2)=C(c2cccs2)C1=O. The minimum absolute atomic E-state index is 0.258. The highest BCUT2D eigenvalue weighted by Gasteiger charge is 2.39. The fraction of sp³-hybridized carbons (Fsp3) is 0.263. The molecule has 7 heteroatoms. The number of rotatable bonds is 8. The maximum atomic E-state index is 12.9. The van der Waals surface area contributed by atoms with Gasteiger partial charge in [-0.05, 0) is 43.0 Å². The summed E-state index contributed by atoms with van der Waals surface area (Å²) in [6.45, 7) is 3.41.